The molecule has 1 aromatic carbocycles. The summed E-state index contributed by atoms with van der Waals surface area (Å²) in [6, 6.07) is 4.69. The van der Waals surface area contributed by atoms with Crippen molar-refractivity contribution in [3.8, 4) is 5.75 Å². The van der Waals surface area contributed by atoms with Crippen molar-refractivity contribution < 1.29 is 13.5 Å². The van der Waals surface area contributed by atoms with Crippen LogP contribution in [0.5, 0.6) is 5.75 Å². The largest absolute Gasteiger partial charge is 0.508 e. The number of hydrogen-bond donors (Lipinski definition) is 2. The second-order valence-corrected chi connectivity index (χ2v) is 6.50. The molecule has 2 rings (SSSR count). The van der Waals surface area contributed by atoms with E-state index >= 15 is 0 Å². The highest BCUT2D eigenvalue weighted by Gasteiger charge is 2.20. The first-order valence-electron chi connectivity index (χ1n) is 6.70. The van der Waals surface area contributed by atoms with Crippen LogP contribution in [0.15, 0.2) is 29.4 Å². The SMILES string of the molecule is CCCn1cc(S(=O)(=O)Nc2cccc(O)c2C)nc1C. The van der Waals surface area contributed by atoms with E-state index in [-0.39, 0.29) is 10.8 Å². The minimum Gasteiger partial charge on any atom is -0.508 e. The maximum absolute atomic E-state index is 12.4. The van der Waals surface area contributed by atoms with Crippen molar-refractivity contribution in [2.24, 2.45) is 0 Å². The number of sulfonamides is 1. The molecule has 7 heteroatoms. The van der Waals surface area contributed by atoms with Crippen molar-refractivity contribution in [3.05, 3.63) is 35.8 Å². The number of benzene rings is 1. The summed E-state index contributed by atoms with van der Waals surface area (Å²) in [4.78, 5) is 4.10. The van der Waals surface area contributed by atoms with E-state index in [1.54, 1.807) is 26.0 Å². The molecule has 2 N–H and O–H groups in total. The van der Waals surface area contributed by atoms with Crippen LogP contribution in [0, 0.1) is 13.8 Å². The van der Waals surface area contributed by atoms with Gasteiger partial charge in [0, 0.05) is 18.3 Å². The summed E-state index contributed by atoms with van der Waals surface area (Å²) in [5.41, 5.74) is 0.823. The molecular weight excluding hydrogens is 290 g/mol. The number of rotatable bonds is 5. The van der Waals surface area contributed by atoms with E-state index in [1.807, 2.05) is 11.5 Å². The van der Waals surface area contributed by atoms with Gasteiger partial charge >= 0.3 is 0 Å². The van der Waals surface area contributed by atoms with Gasteiger partial charge in [0.15, 0.2) is 5.03 Å². The molecule has 0 saturated carbocycles. The second-order valence-electron chi connectivity index (χ2n) is 4.87. The van der Waals surface area contributed by atoms with Crippen molar-refractivity contribution in [2.75, 3.05) is 4.72 Å². The van der Waals surface area contributed by atoms with Gasteiger partial charge in [-0.25, -0.2) is 4.98 Å². The Morgan fingerprint density at radius 3 is 2.71 bits per heavy atom. The molecule has 0 atom stereocenters. The quantitative estimate of drug-likeness (QED) is 0.888. The highest BCUT2D eigenvalue weighted by Crippen LogP contribution is 2.26. The fourth-order valence-electron chi connectivity index (χ4n) is 2.01. The number of hydrogen-bond acceptors (Lipinski definition) is 4. The number of nitrogens with zero attached hydrogens (tertiary/aromatic N) is 2. The average molecular weight is 309 g/mol. The molecule has 0 fully saturated rings. The van der Waals surface area contributed by atoms with Crippen LogP contribution in [-0.2, 0) is 16.6 Å². The van der Waals surface area contributed by atoms with Crippen LogP contribution < -0.4 is 4.72 Å². The summed E-state index contributed by atoms with van der Waals surface area (Å²) >= 11 is 0. The number of imidazole rings is 1. The van der Waals surface area contributed by atoms with E-state index in [0.717, 1.165) is 13.0 Å². The van der Waals surface area contributed by atoms with E-state index in [0.29, 0.717) is 17.1 Å². The lowest BCUT2D eigenvalue weighted by atomic mass is 10.2. The zero-order valence-electron chi connectivity index (χ0n) is 12.3. The summed E-state index contributed by atoms with van der Waals surface area (Å²) in [6.07, 6.45) is 2.43. The van der Waals surface area contributed by atoms with Gasteiger partial charge in [0.1, 0.15) is 11.6 Å². The number of phenols is 1. The fourth-order valence-corrected chi connectivity index (χ4v) is 3.14. The maximum Gasteiger partial charge on any atom is 0.280 e. The van der Waals surface area contributed by atoms with E-state index in [4.69, 9.17) is 0 Å². The molecule has 0 saturated heterocycles. The van der Waals surface area contributed by atoms with Gasteiger partial charge in [-0.3, -0.25) is 4.72 Å². The monoisotopic (exact) mass is 309 g/mol. The smallest absolute Gasteiger partial charge is 0.280 e. The lowest BCUT2D eigenvalue weighted by Crippen LogP contribution is -2.14. The highest BCUT2D eigenvalue weighted by molar-refractivity contribution is 7.92. The molecule has 114 valence electrons. The lowest BCUT2D eigenvalue weighted by molar-refractivity contribution is 0.471. The molecular formula is C14H19N3O3S. The van der Waals surface area contributed by atoms with E-state index < -0.39 is 10.0 Å². The Morgan fingerprint density at radius 2 is 2.05 bits per heavy atom. The Hall–Kier alpha value is -2.02. The predicted molar refractivity (Wildman–Crippen MR) is 80.9 cm³/mol. The van der Waals surface area contributed by atoms with Crippen LogP contribution in [0.1, 0.15) is 24.7 Å². The van der Waals surface area contributed by atoms with Crippen molar-refractivity contribution in [1.29, 1.82) is 0 Å². The molecule has 1 heterocycles. The standard InChI is InChI=1S/C14H19N3O3S/c1-4-8-17-9-14(15-11(17)3)21(19,20)16-12-6-5-7-13(18)10(12)2/h5-7,9,16,18H,4,8H2,1-3H3. The Kier molecular flexibility index (Phi) is 4.22. The van der Waals surface area contributed by atoms with Gasteiger partial charge in [0.05, 0.1) is 5.69 Å². The lowest BCUT2D eigenvalue weighted by Gasteiger charge is -2.09. The summed E-state index contributed by atoms with van der Waals surface area (Å²) in [5.74, 6) is 0.702. The normalized spacial score (nSPS) is 11.6. The minimum atomic E-state index is -3.77. The van der Waals surface area contributed by atoms with Crippen molar-refractivity contribution in [3.63, 3.8) is 0 Å². The van der Waals surface area contributed by atoms with Gasteiger partial charge in [-0.1, -0.05) is 13.0 Å². The van der Waals surface area contributed by atoms with Gasteiger partial charge in [0.2, 0.25) is 0 Å². The van der Waals surface area contributed by atoms with Crippen LogP contribution in [0.4, 0.5) is 5.69 Å². The van der Waals surface area contributed by atoms with Crippen molar-refractivity contribution >= 4 is 15.7 Å². The number of aromatic hydroxyl groups is 1. The molecule has 0 aliphatic rings. The Bertz CT molecular complexity index is 751. The first kappa shape index (κ1) is 15.4. The number of aromatic nitrogens is 2. The number of aryl methyl sites for hydroxylation is 2. The van der Waals surface area contributed by atoms with E-state index in [9.17, 15) is 13.5 Å². The van der Waals surface area contributed by atoms with E-state index in [2.05, 4.69) is 9.71 Å². The summed E-state index contributed by atoms with van der Waals surface area (Å²) in [5, 5.41) is 9.61. The third-order valence-electron chi connectivity index (χ3n) is 3.24. The zero-order valence-corrected chi connectivity index (χ0v) is 13.1. The molecule has 1 aromatic heterocycles. The molecule has 0 bridgehead atoms. The molecule has 0 amide bonds. The molecule has 0 aliphatic carbocycles. The number of anilines is 1. The maximum atomic E-state index is 12.4. The summed E-state index contributed by atoms with van der Waals surface area (Å²) in [7, 11) is -3.77. The third kappa shape index (κ3) is 3.18. The molecule has 6 nitrogen and oxygen atoms in total. The van der Waals surface area contributed by atoms with Crippen LogP contribution in [0.3, 0.4) is 0 Å². The Morgan fingerprint density at radius 1 is 1.33 bits per heavy atom. The Balaban J connectivity index is 2.34. The highest BCUT2D eigenvalue weighted by atomic mass is 32.2. The van der Waals surface area contributed by atoms with Crippen LogP contribution >= 0.6 is 0 Å². The van der Waals surface area contributed by atoms with Gasteiger partial charge in [0.25, 0.3) is 10.0 Å². The average Bonchev–Trinajstić information content (AvgIpc) is 2.78. The Labute approximate surface area is 124 Å². The molecule has 0 spiro atoms. The van der Waals surface area contributed by atoms with Gasteiger partial charge < -0.3 is 9.67 Å². The van der Waals surface area contributed by atoms with Gasteiger partial charge in [-0.2, -0.15) is 8.42 Å². The molecule has 2 aromatic rings. The molecule has 0 unspecified atom stereocenters. The van der Waals surface area contributed by atoms with Gasteiger partial charge in [-0.05, 0) is 32.4 Å². The van der Waals surface area contributed by atoms with Crippen LogP contribution in [0.25, 0.3) is 0 Å². The van der Waals surface area contributed by atoms with Crippen LogP contribution in [-0.4, -0.2) is 23.1 Å². The summed E-state index contributed by atoms with van der Waals surface area (Å²) in [6.45, 7) is 6.16. The fraction of sp³-hybridized carbons (Fsp3) is 0.357. The first-order chi connectivity index (χ1) is 9.85. The van der Waals surface area contributed by atoms with E-state index in [1.165, 1.54) is 12.3 Å². The summed E-state index contributed by atoms with van der Waals surface area (Å²) < 4.78 is 29.0. The minimum absolute atomic E-state index is 0.0174. The van der Waals surface area contributed by atoms with Crippen molar-refractivity contribution in [1.82, 2.24) is 9.55 Å². The number of nitrogens with one attached hydrogen (secondary N) is 1. The van der Waals surface area contributed by atoms with Crippen LogP contribution in [0.2, 0.25) is 0 Å². The van der Waals surface area contributed by atoms with Crippen molar-refractivity contribution in [2.45, 2.75) is 38.8 Å². The topological polar surface area (TPSA) is 84.2 Å². The van der Waals surface area contributed by atoms with Gasteiger partial charge in [-0.15, -0.1) is 0 Å². The predicted octanol–water partition coefficient (Wildman–Crippen LogP) is 2.42. The molecule has 0 aliphatic heterocycles. The zero-order chi connectivity index (χ0) is 15.6. The molecule has 0 radical (unpaired) electrons. The number of phenolic OH excluding ortho intramolecular Hbond substituents is 1. The first-order valence-corrected chi connectivity index (χ1v) is 8.18. The second kappa shape index (κ2) is 5.77. The third-order valence-corrected chi connectivity index (χ3v) is 4.48. The molecule has 21 heavy (non-hydrogen) atoms.